The summed E-state index contributed by atoms with van der Waals surface area (Å²) in [5, 5.41) is 27.6. The molecule has 6 heteroatoms. The number of carboxylic acids is 1. The molecule has 21 heavy (non-hydrogen) atoms. The van der Waals surface area contributed by atoms with Gasteiger partial charge in [0.25, 0.3) is 0 Å². The molecule has 0 aliphatic heterocycles. The Balaban J connectivity index is 3.15. The molecule has 0 atom stereocenters. The van der Waals surface area contributed by atoms with Gasteiger partial charge in [0, 0.05) is 0 Å². The van der Waals surface area contributed by atoms with Crippen molar-refractivity contribution < 1.29 is 24.5 Å². The number of hydrogen-bond donors (Lipinski definition) is 2. The van der Waals surface area contributed by atoms with Gasteiger partial charge in [-0.05, 0) is 23.6 Å². The average Bonchev–Trinajstić information content (AvgIpc) is 2.41. The van der Waals surface area contributed by atoms with Crippen LogP contribution in [-0.2, 0) is 9.53 Å². The minimum atomic E-state index is -1.35. The van der Waals surface area contributed by atoms with E-state index in [1.807, 2.05) is 13.8 Å². The van der Waals surface area contributed by atoms with Gasteiger partial charge < -0.3 is 14.9 Å². The van der Waals surface area contributed by atoms with Crippen molar-refractivity contribution in [3.05, 3.63) is 34.9 Å². The van der Waals surface area contributed by atoms with E-state index in [0.29, 0.717) is 0 Å². The van der Waals surface area contributed by atoms with E-state index in [2.05, 4.69) is 0 Å². The van der Waals surface area contributed by atoms with E-state index >= 15 is 0 Å². The Bertz CT molecular complexity index is 625. The lowest BCUT2D eigenvalue weighted by Crippen LogP contribution is -2.11. The maximum Gasteiger partial charge on any atom is 0.348 e. The first-order valence-electron chi connectivity index (χ1n) is 6.21. The van der Waals surface area contributed by atoms with Gasteiger partial charge >= 0.3 is 11.9 Å². The van der Waals surface area contributed by atoms with Crippen LogP contribution in [-0.4, -0.2) is 28.8 Å². The number of aromatic hydroxyl groups is 1. The quantitative estimate of drug-likeness (QED) is 0.488. The molecule has 0 fully saturated rings. The van der Waals surface area contributed by atoms with Crippen LogP contribution in [0.2, 0.25) is 0 Å². The Hall–Kier alpha value is -2.81. The zero-order chi connectivity index (χ0) is 16.0. The zero-order valence-corrected chi connectivity index (χ0v) is 11.7. The average molecular weight is 289 g/mol. The fourth-order valence-electron chi connectivity index (χ4n) is 1.52. The second kappa shape index (κ2) is 7.10. The lowest BCUT2D eigenvalue weighted by atomic mass is 10.0. The third-order valence-corrected chi connectivity index (χ3v) is 2.48. The number of carboxylic acid groups (broad SMARTS) is 1. The summed E-state index contributed by atoms with van der Waals surface area (Å²) in [6.07, 6.45) is 1.09. The van der Waals surface area contributed by atoms with Crippen molar-refractivity contribution in [1.29, 1.82) is 5.26 Å². The molecule has 0 radical (unpaired) electrons. The molecule has 6 nitrogen and oxygen atoms in total. The molecule has 1 rings (SSSR count). The van der Waals surface area contributed by atoms with Crippen molar-refractivity contribution >= 4 is 18.0 Å². The molecule has 0 aromatic heterocycles. The van der Waals surface area contributed by atoms with Crippen LogP contribution in [0.15, 0.2) is 23.8 Å². The smallest absolute Gasteiger partial charge is 0.348 e. The van der Waals surface area contributed by atoms with E-state index in [1.165, 1.54) is 18.2 Å². The summed E-state index contributed by atoms with van der Waals surface area (Å²) in [4.78, 5) is 22.8. The summed E-state index contributed by atoms with van der Waals surface area (Å²) in [6, 6.07) is 5.69. The van der Waals surface area contributed by atoms with E-state index in [1.54, 1.807) is 6.07 Å². The predicted octanol–water partition coefficient (Wildman–Crippen LogP) is 2.20. The zero-order valence-electron chi connectivity index (χ0n) is 11.7. The number of ether oxygens (including phenoxy) is 1. The highest BCUT2D eigenvalue weighted by molar-refractivity contribution is 6.01. The van der Waals surface area contributed by atoms with Crippen molar-refractivity contribution in [1.82, 2.24) is 0 Å². The lowest BCUT2D eigenvalue weighted by Gasteiger charge is -2.07. The Morgan fingerprint density at radius 3 is 2.62 bits per heavy atom. The maximum absolute atomic E-state index is 11.7. The van der Waals surface area contributed by atoms with Crippen LogP contribution >= 0.6 is 0 Å². The van der Waals surface area contributed by atoms with E-state index in [-0.39, 0.29) is 29.2 Å². The third kappa shape index (κ3) is 4.35. The molecule has 0 aliphatic carbocycles. The summed E-state index contributed by atoms with van der Waals surface area (Å²) in [5.74, 6) is -2.51. The number of phenols is 1. The number of benzene rings is 1. The second-order valence-electron chi connectivity index (χ2n) is 4.71. The summed E-state index contributed by atoms with van der Waals surface area (Å²) < 4.78 is 4.92. The third-order valence-electron chi connectivity index (χ3n) is 2.48. The van der Waals surface area contributed by atoms with Gasteiger partial charge in [-0.15, -0.1) is 0 Å². The highest BCUT2D eigenvalue weighted by Crippen LogP contribution is 2.23. The lowest BCUT2D eigenvalue weighted by molar-refractivity contribution is -0.139. The van der Waals surface area contributed by atoms with Gasteiger partial charge in [-0.25, -0.2) is 9.59 Å². The number of nitrogens with zero attached hydrogens (tertiary/aromatic N) is 1. The van der Waals surface area contributed by atoms with Crippen molar-refractivity contribution in [2.24, 2.45) is 5.92 Å². The molecular formula is C15H15NO5. The van der Waals surface area contributed by atoms with E-state index in [9.17, 15) is 14.7 Å². The van der Waals surface area contributed by atoms with Crippen molar-refractivity contribution in [2.75, 3.05) is 6.61 Å². The topological polar surface area (TPSA) is 108 Å². The summed E-state index contributed by atoms with van der Waals surface area (Å²) in [7, 11) is 0. The van der Waals surface area contributed by atoms with Crippen molar-refractivity contribution in [3.8, 4) is 11.8 Å². The van der Waals surface area contributed by atoms with Crippen molar-refractivity contribution in [3.63, 3.8) is 0 Å². The van der Waals surface area contributed by atoms with Gasteiger partial charge in [0.2, 0.25) is 0 Å². The normalized spacial score (nSPS) is 11.0. The summed E-state index contributed by atoms with van der Waals surface area (Å²) in [6.45, 7) is 3.85. The Morgan fingerprint density at radius 2 is 2.10 bits per heavy atom. The van der Waals surface area contributed by atoms with Crippen LogP contribution < -0.4 is 0 Å². The molecule has 0 spiro atoms. The fraction of sp³-hybridized carbons (Fsp3) is 0.267. The first-order valence-corrected chi connectivity index (χ1v) is 6.21. The summed E-state index contributed by atoms with van der Waals surface area (Å²) in [5.41, 5.74) is -0.647. The number of rotatable bonds is 5. The van der Waals surface area contributed by atoms with Crippen LogP contribution in [0.5, 0.6) is 5.75 Å². The molecule has 0 saturated heterocycles. The van der Waals surface area contributed by atoms with E-state index < -0.39 is 17.7 Å². The number of aromatic carboxylic acids is 1. The van der Waals surface area contributed by atoms with Gasteiger partial charge in [-0.1, -0.05) is 26.0 Å². The highest BCUT2D eigenvalue weighted by atomic mass is 16.5. The van der Waals surface area contributed by atoms with Crippen LogP contribution in [0.1, 0.15) is 29.8 Å². The molecule has 1 aromatic rings. The Kier molecular flexibility index (Phi) is 5.49. The van der Waals surface area contributed by atoms with Gasteiger partial charge in [0.05, 0.1) is 6.61 Å². The number of nitriles is 1. The number of carbonyl (C=O) groups excluding carboxylic acids is 1. The molecule has 0 saturated carbocycles. The van der Waals surface area contributed by atoms with E-state index in [4.69, 9.17) is 15.1 Å². The molecular weight excluding hydrogens is 274 g/mol. The SMILES string of the molecule is CC(C)COC(=O)C(C#N)=Cc1cccc(O)c1C(=O)O. The summed E-state index contributed by atoms with van der Waals surface area (Å²) >= 11 is 0. The van der Waals surface area contributed by atoms with Gasteiger partial charge in [0.1, 0.15) is 23.0 Å². The molecule has 1 aromatic carbocycles. The molecule has 0 heterocycles. The molecule has 0 aliphatic rings. The molecule has 0 bridgehead atoms. The molecule has 110 valence electrons. The monoisotopic (exact) mass is 289 g/mol. The highest BCUT2D eigenvalue weighted by Gasteiger charge is 2.17. The first-order chi connectivity index (χ1) is 9.86. The van der Waals surface area contributed by atoms with Crippen LogP contribution in [0.25, 0.3) is 6.08 Å². The van der Waals surface area contributed by atoms with E-state index in [0.717, 1.165) is 6.08 Å². The van der Waals surface area contributed by atoms with Crippen LogP contribution in [0.4, 0.5) is 0 Å². The second-order valence-corrected chi connectivity index (χ2v) is 4.71. The Labute approximate surface area is 121 Å². The minimum Gasteiger partial charge on any atom is -0.507 e. The Morgan fingerprint density at radius 1 is 1.43 bits per heavy atom. The van der Waals surface area contributed by atoms with Crippen molar-refractivity contribution in [2.45, 2.75) is 13.8 Å². The largest absolute Gasteiger partial charge is 0.507 e. The van der Waals surface area contributed by atoms with Gasteiger partial charge in [-0.3, -0.25) is 0 Å². The van der Waals surface area contributed by atoms with Crippen LogP contribution in [0, 0.1) is 17.2 Å². The minimum absolute atomic E-state index is 0.0561. The predicted molar refractivity (Wildman–Crippen MR) is 74.5 cm³/mol. The number of carbonyl (C=O) groups is 2. The standard InChI is InChI=1S/C15H15NO5/c1-9(2)8-21-15(20)11(7-16)6-10-4-3-5-12(17)13(10)14(18)19/h3-6,9,17H,8H2,1-2H3,(H,18,19). The molecule has 2 N–H and O–H groups in total. The van der Waals surface area contributed by atoms with Crippen LogP contribution in [0.3, 0.4) is 0 Å². The first kappa shape index (κ1) is 16.2. The fourth-order valence-corrected chi connectivity index (χ4v) is 1.52. The van der Waals surface area contributed by atoms with Gasteiger partial charge in [-0.2, -0.15) is 5.26 Å². The number of esters is 1. The van der Waals surface area contributed by atoms with Gasteiger partial charge in [0.15, 0.2) is 0 Å². The molecule has 0 amide bonds. The molecule has 0 unspecified atom stereocenters. The maximum atomic E-state index is 11.7. The number of hydrogen-bond acceptors (Lipinski definition) is 5.